The summed E-state index contributed by atoms with van der Waals surface area (Å²) in [5, 5.41) is 40.0. The van der Waals surface area contributed by atoms with E-state index in [1.165, 1.54) is 42.0 Å². The van der Waals surface area contributed by atoms with E-state index < -0.39 is 23.4 Å². The first-order valence-electron chi connectivity index (χ1n) is 17.2. The van der Waals surface area contributed by atoms with Crippen molar-refractivity contribution in [3.8, 4) is 50.7 Å². The minimum atomic E-state index is -0.831. The molecule has 1 aromatic heterocycles. The number of fused-ring (bicyclic) bond motifs is 1. The van der Waals surface area contributed by atoms with Gasteiger partial charge >= 0.3 is 11.9 Å². The molecule has 1 aliphatic heterocycles. The highest BCUT2D eigenvalue weighted by atomic mass is 32.1. The molecular weight excluding hydrogens is 711 g/mol. The van der Waals surface area contributed by atoms with Crippen molar-refractivity contribution in [2.45, 2.75) is 13.3 Å². The SMILES string of the molecule is CC1CCN(CCOc2ccc(C(=O)c3c(-c4ccc(OC(=O)c5ccc(O)cc5O)cc4)sc4cc(OC(=O)c5ccc(O)cc5O)ccc34)cc2)C1. The normalized spacial score (nSPS) is 14.2. The van der Waals surface area contributed by atoms with E-state index in [9.17, 15) is 34.8 Å². The monoisotopic (exact) mass is 745 g/mol. The van der Waals surface area contributed by atoms with Gasteiger partial charge in [0.15, 0.2) is 5.78 Å². The number of esters is 2. The summed E-state index contributed by atoms with van der Waals surface area (Å²) in [6.45, 7) is 5.76. The number of phenolic OH excluding ortho intramolecular Hbond substituents is 4. The van der Waals surface area contributed by atoms with Crippen molar-refractivity contribution in [2.75, 3.05) is 26.2 Å². The summed E-state index contributed by atoms with van der Waals surface area (Å²) < 4.78 is 17.6. The molecule has 1 unspecified atom stereocenters. The molecule has 0 amide bonds. The van der Waals surface area contributed by atoms with E-state index in [1.54, 1.807) is 66.7 Å². The van der Waals surface area contributed by atoms with E-state index in [-0.39, 0.29) is 39.9 Å². The van der Waals surface area contributed by atoms with Crippen molar-refractivity contribution in [1.82, 2.24) is 4.90 Å². The predicted octanol–water partition coefficient (Wildman–Crippen LogP) is 7.78. The summed E-state index contributed by atoms with van der Waals surface area (Å²) in [6.07, 6.45) is 1.19. The van der Waals surface area contributed by atoms with Crippen LogP contribution < -0.4 is 14.2 Å². The third-order valence-electron chi connectivity index (χ3n) is 9.13. The average Bonchev–Trinajstić information content (AvgIpc) is 3.74. The zero-order valence-electron chi connectivity index (χ0n) is 29.0. The van der Waals surface area contributed by atoms with Gasteiger partial charge < -0.3 is 34.6 Å². The Bertz CT molecular complexity index is 2370. The first-order valence-corrected chi connectivity index (χ1v) is 18.0. The lowest BCUT2D eigenvalue weighted by atomic mass is 9.97. The number of nitrogens with zero attached hydrogens (tertiary/aromatic N) is 1. The number of rotatable bonds is 11. The van der Waals surface area contributed by atoms with Gasteiger partial charge in [-0.2, -0.15) is 0 Å². The molecule has 7 rings (SSSR count). The Balaban J connectivity index is 1.17. The maximum absolute atomic E-state index is 14.3. The Labute approximate surface area is 313 Å². The summed E-state index contributed by atoms with van der Waals surface area (Å²) in [4.78, 5) is 42.9. The lowest BCUT2D eigenvalue weighted by Gasteiger charge is -2.15. The van der Waals surface area contributed by atoms with Crippen LogP contribution in [0.25, 0.3) is 20.5 Å². The molecule has 5 aromatic carbocycles. The van der Waals surface area contributed by atoms with E-state index in [1.807, 2.05) is 0 Å². The number of hydrogen-bond acceptors (Lipinski definition) is 12. The maximum Gasteiger partial charge on any atom is 0.347 e. The zero-order chi connectivity index (χ0) is 37.9. The summed E-state index contributed by atoms with van der Waals surface area (Å²) in [5.74, 6) is -1.44. The number of ether oxygens (including phenoxy) is 3. The first-order chi connectivity index (χ1) is 26.0. The van der Waals surface area contributed by atoms with Gasteiger partial charge in [-0.1, -0.05) is 6.92 Å². The molecule has 0 spiro atoms. The van der Waals surface area contributed by atoms with Crippen LogP contribution >= 0.6 is 11.3 Å². The smallest absolute Gasteiger partial charge is 0.347 e. The zero-order valence-corrected chi connectivity index (χ0v) is 29.8. The molecular formula is C42H35NO10S. The van der Waals surface area contributed by atoms with Crippen LogP contribution in [0.15, 0.2) is 103 Å². The van der Waals surface area contributed by atoms with Gasteiger partial charge in [0, 0.05) is 51.3 Å². The second-order valence-electron chi connectivity index (χ2n) is 13.1. The molecule has 1 saturated heterocycles. The molecule has 11 nitrogen and oxygen atoms in total. The van der Waals surface area contributed by atoms with Crippen LogP contribution in [0.1, 0.15) is 50.0 Å². The molecule has 0 saturated carbocycles. The quantitative estimate of drug-likeness (QED) is 0.0582. The maximum atomic E-state index is 14.3. The van der Waals surface area contributed by atoms with Crippen molar-refractivity contribution in [3.05, 3.63) is 125 Å². The van der Waals surface area contributed by atoms with Crippen LogP contribution in [0.5, 0.6) is 40.2 Å². The average molecular weight is 746 g/mol. The Morgan fingerprint density at radius 2 is 1.31 bits per heavy atom. The fourth-order valence-electron chi connectivity index (χ4n) is 6.32. The Hall–Kier alpha value is -6.37. The van der Waals surface area contributed by atoms with Gasteiger partial charge in [0.2, 0.25) is 0 Å². The minimum absolute atomic E-state index is 0.121. The molecule has 54 heavy (non-hydrogen) atoms. The molecule has 1 aliphatic rings. The first kappa shape index (κ1) is 36.0. The number of ketones is 1. The highest BCUT2D eigenvalue weighted by Crippen LogP contribution is 2.42. The molecule has 0 bridgehead atoms. The lowest BCUT2D eigenvalue weighted by molar-refractivity contribution is 0.0721. The molecule has 0 aliphatic carbocycles. The second-order valence-corrected chi connectivity index (χ2v) is 14.1. The van der Waals surface area contributed by atoms with E-state index >= 15 is 0 Å². The Morgan fingerprint density at radius 1 is 0.722 bits per heavy atom. The molecule has 274 valence electrons. The van der Waals surface area contributed by atoms with Crippen molar-refractivity contribution in [3.63, 3.8) is 0 Å². The number of aromatic hydroxyl groups is 4. The largest absolute Gasteiger partial charge is 0.508 e. The predicted molar refractivity (Wildman–Crippen MR) is 202 cm³/mol. The summed E-state index contributed by atoms with van der Waals surface area (Å²) in [5.41, 5.74) is 1.25. The summed E-state index contributed by atoms with van der Waals surface area (Å²) in [6, 6.07) is 25.5. The molecule has 0 radical (unpaired) electrons. The molecule has 6 aromatic rings. The van der Waals surface area contributed by atoms with Crippen molar-refractivity contribution >= 4 is 39.1 Å². The third-order valence-corrected chi connectivity index (χ3v) is 10.3. The number of carbonyl (C=O) groups excluding carboxylic acids is 3. The lowest BCUT2D eigenvalue weighted by Crippen LogP contribution is -2.25. The molecule has 1 atom stereocenters. The Morgan fingerprint density at radius 3 is 1.91 bits per heavy atom. The Kier molecular flexibility index (Phi) is 10.2. The number of likely N-dealkylation sites (tertiary alicyclic amines) is 1. The molecule has 4 N–H and O–H groups in total. The number of thiophene rings is 1. The highest BCUT2D eigenvalue weighted by Gasteiger charge is 2.24. The van der Waals surface area contributed by atoms with Gasteiger partial charge in [-0.3, -0.25) is 9.69 Å². The number of phenols is 4. The van der Waals surface area contributed by atoms with Crippen molar-refractivity contribution in [1.29, 1.82) is 0 Å². The van der Waals surface area contributed by atoms with Crippen LogP contribution in [0.3, 0.4) is 0 Å². The van der Waals surface area contributed by atoms with Crippen LogP contribution in [0.2, 0.25) is 0 Å². The van der Waals surface area contributed by atoms with Crippen molar-refractivity contribution < 1.29 is 49.0 Å². The van der Waals surface area contributed by atoms with Gasteiger partial charge in [-0.25, -0.2) is 9.59 Å². The van der Waals surface area contributed by atoms with Gasteiger partial charge in [0.1, 0.15) is 58.0 Å². The van der Waals surface area contributed by atoms with Crippen LogP contribution in [-0.4, -0.2) is 69.3 Å². The van der Waals surface area contributed by atoms with E-state index in [0.29, 0.717) is 49.9 Å². The highest BCUT2D eigenvalue weighted by molar-refractivity contribution is 7.22. The van der Waals surface area contributed by atoms with Gasteiger partial charge in [0.25, 0.3) is 0 Å². The van der Waals surface area contributed by atoms with Crippen LogP contribution in [0.4, 0.5) is 0 Å². The molecule has 12 heteroatoms. The van der Waals surface area contributed by atoms with Crippen LogP contribution in [-0.2, 0) is 0 Å². The topological polar surface area (TPSA) is 163 Å². The summed E-state index contributed by atoms with van der Waals surface area (Å²) in [7, 11) is 0. The number of carbonyl (C=O) groups is 3. The van der Waals surface area contributed by atoms with Crippen LogP contribution in [0, 0.1) is 5.92 Å². The van der Waals surface area contributed by atoms with Gasteiger partial charge in [0.05, 0.1) is 0 Å². The standard InChI is InChI=1S/C42H35NO10S/c1-24-16-17-43(23-24)18-19-51-29-8-2-25(3-9-29)39(48)38-34-15-12-31(53-42(50)33-14-7-28(45)21-36(33)47)22-37(34)54-40(38)26-4-10-30(11-5-26)52-41(49)32-13-6-27(44)20-35(32)46/h2-15,20-22,24,44-47H,16-19,23H2,1H3. The van der Waals surface area contributed by atoms with Gasteiger partial charge in [-0.15, -0.1) is 11.3 Å². The summed E-state index contributed by atoms with van der Waals surface area (Å²) >= 11 is 1.30. The number of hydrogen-bond donors (Lipinski definition) is 4. The fourth-order valence-corrected chi connectivity index (χ4v) is 7.56. The fraction of sp³-hybridized carbons (Fsp3) is 0.167. The van der Waals surface area contributed by atoms with E-state index in [0.717, 1.165) is 31.8 Å². The second kappa shape index (κ2) is 15.3. The van der Waals surface area contributed by atoms with E-state index in [2.05, 4.69) is 11.8 Å². The third kappa shape index (κ3) is 7.85. The van der Waals surface area contributed by atoms with E-state index in [4.69, 9.17) is 14.2 Å². The molecule has 2 heterocycles. The van der Waals surface area contributed by atoms with Crippen molar-refractivity contribution in [2.24, 2.45) is 5.92 Å². The number of benzene rings is 5. The van der Waals surface area contributed by atoms with Gasteiger partial charge in [-0.05, 0) is 115 Å². The molecule has 1 fully saturated rings. The minimum Gasteiger partial charge on any atom is -0.508 e.